The lowest BCUT2D eigenvalue weighted by molar-refractivity contribution is 0.590. The molecule has 0 fully saturated rings. The molecule has 21 heavy (non-hydrogen) atoms. The lowest BCUT2D eigenvalue weighted by Gasteiger charge is -2.23. The summed E-state index contributed by atoms with van der Waals surface area (Å²) in [5.74, 6) is -0.148. The molecule has 3 heteroatoms. The summed E-state index contributed by atoms with van der Waals surface area (Å²) < 4.78 is 13.6. The van der Waals surface area contributed by atoms with Crippen molar-refractivity contribution in [1.29, 1.82) is 0 Å². The van der Waals surface area contributed by atoms with Crippen molar-refractivity contribution in [3.05, 3.63) is 56.5 Å². The van der Waals surface area contributed by atoms with Crippen LogP contribution in [0.4, 0.5) is 4.39 Å². The molecule has 0 radical (unpaired) electrons. The smallest absolute Gasteiger partial charge is 0.123 e. The number of nitrogens with one attached hydrogen (secondary N) is 1. The van der Waals surface area contributed by atoms with Crippen molar-refractivity contribution in [2.45, 2.75) is 46.6 Å². The van der Waals surface area contributed by atoms with E-state index >= 15 is 0 Å². The minimum atomic E-state index is -0.148. The highest BCUT2D eigenvalue weighted by atomic mass is 32.1. The lowest BCUT2D eigenvalue weighted by Crippen LogP contribution is -2.25. The molecule has 1 heterocycles. The van der Waals surface area contributed by atoms with Gasteiger partial charge >= 0.3 is 0 Å². The Labute approximate surface area is 131 Å². The summed E-state index contributed by atoms with van der Waals surface area (Å²) in [6.45, 7) is 9.33. The predicted octanol–water partition coefficient (Wildman–Crippen LogP) is 5.16. The maximum absolute atomic E-state index is 13.6. The Morgan fingerprint density at radius 2 is 1.86 bits per heavy atom. The molecule has 0 aliphatic heterocycles. The summed E-state index contributed by atoms with van der Waals surface area (Å²) in [6, 6.07) is 5.65. The molecule has 114 valence electrons. The van der Waals surface area contributed by atoms with E-state index in [0.29, 0.717) is 0 Å². The molecule has 1 atom stereocenters. The van der Waals surface area contributed by atoms with E-state index in [1.165, 1.54) is 16.0 Å². The Hall–Kier alpha value is -1.19. The van der Waals surface area contributed by atoms with Gasteiger partial charge in [0.05, 0.1) is 6.04 Å². The van der Waals surface area contributed by atoms with Crippen LogP contribution in [0, 0.1) is 19.7 Å². The van der Waals surface area contributed by atoms with E-state index in [9.17, 15) is 4.39 Å². The van der Waals surface area contributed by atoms with Crippen molar-refractivity contribution < 1.29 is 4.39 Å². The Bertz CT molecular complexity index is 580. The van der Waals surface area contributed by atoms with E-state index in [1.807, 2.05) is 13.8 Å². The maximum atomic E-state index is 13.6. The second-order valence-electron chi connectivity index (χ2n) is 5.50. The monoisotopic (exact) mass is 305 g/mol. The molecule has 0 spiro atoms. The normalized spacial score (nSPS) is 12.6. The van der Waals surface area contributed by atoms with Crippen molar-refractivity contribution in [2.75, 3.05) is 6.54 Å². The van der Waals surface area contributed by atoms with E-state index in [4.69, 9.17) is 0 Å². The van der Waals surface area contributed by atoms with Gasteiger partial charge in [0.2, 0.25) is 0 Å². The molecule has 1 aromatic heterocycles. The zero-order valence-electron chi connectivity index (χ0n) is 13.3. The maximum Gasteiger partial charge on any atom is 0.123 e. The Morgan fingerprint density at radius 1 is 1.19 bits per heavy atom. The fourth-order valence-corrected chi connectivity index (χ4v) is 3.96. The van der Waals surface area contributed by atoms with E-state index in [-0.39, 0.29) is 11.9 Å². The molecule has 1 unspecified atom stereocenters. The van der Waals surface area contributed by atoms with Crippen LogP contribution in [0.25, 0.3) is 0 Å². The fourth-order valence-electron chi connectivity index (χ4n) is 2.88. The predicted molar refractivity (Wildman–Crippen MR) is 89.7 cm³/mol. The van der Waals surface area contributed by atoms with Gasteiger partial charge in [-0.2, -0.15) is 0 Å². The number of hydrogen-bond acceptors (Lipinski definition) is 2. The van der Waals surface area contributed by atoms with Crippen molar-refractivity contribution in [2.24, 2.45) is 0 Å². The van der Waals surface area contributed by atoms with Crippen molar-refractivity contribution in [1.82, 2.24) is 5.32 Å². The summed E-state index contributed by atoms with van der Waals surface area (Å²) in [5, 5.41) is 5.81. The van der Waals surface area contributed by atoms with Crippen LogP contribution >= 0.6 is 11.3 Å². The molecular formula is C18H24FNS. The number of benzene rings is 1. The van der Waals surface area contributed by atoms with Crippen LogP contribution in [0.2, 0.25) is 0 Å². The third-order valence-electron chi connectivity index (χ3n) is 3.87. The molecule has 0 bridgehead atoms. The lowest BCUT2D eigenvalue weighted by atomic mass is 9.93. The third kappa shape index (κ3) is 3.53. The first-order chi connectivity index (χ1) is 10.1. The van der Waals surface area contributed by atoms with Gasteiger partial charge in [-0.15, -0.1) is 11.3 Å². The first kappa shape index (κ1) is 16.2. The van der Waals surface area contributed by atoms with Crippen LogP contribution in [0.5, 0.6) is 0 Å². The molecule has 0 saturated heterocycles. The highest BCUT2D eigenvalue weighted by Gasteiger charge is 2.21. The molecule has 0 aliphatic carbocycles. The van der Waals surface area contributed by atoms with Crippen molar-refractivity contribution >= 4 is 11.3 Å². The zero-order chi connectivity index (χ0) is 15.4. The number of aryl methyl sites for hydroxylation is 3. The summed E-state index contributed by atoms with van der Waals surface area (Å²) in [5.41, 5.74) is 4.66. The zero-order valence-corrected chi connectivity index (χ0v) is 14.1. The quantitative estimate of drug-likeness (QED) is 0.777. The SMILES string of the molecule is CCCNC(c1sccc1CC)c1c(C)cc(F)cc1C. The molecule has 1 nitrogen and oxygen atoms in total. The Balaban J connectivity index is 2.51. The van der Waals surface area contributed by atoms with Gasteiger partial charge in [0.15, 0.2) is 0 Å². The highest BCUT2D eigenvalue weighted by Crippen LogP contribution is 2.34. The van der Waals surface area contributed by atoms with Crippen LogP contribution < -0.4 is 5.32 Å². The van der Waals surface area contributed by atoms with Crippen LogP contribution in [-0.2, 0) is 6.42 Å². The van der Waals surface area contributed by atoms with Gasteiger partial charge in [0.1, 0.15) is 5.82 Å². The van der Waals surface area contributed by atoms with Crippen molar-refractivity contribution in [3.8, 4) is 0 Å². The molecule has 0 aliphatic rings. The summed E-state index contributed by atoms with van der Waals surface area (Å²) in [4.78, 5) is 1.36. The van der Waals surface area contributed by atoms with E-state index < -0.39 is 0 Å². The number of hydrogen-bond donors (Lipinski definition) is 1. The van der Waals surface area contributed by atoms with Gasteiger partial charge < -0.3 is 5.32 Å². The highest BCUT2D eigenvalue weighted by molar-refractivity contribution is 7.10. The molecule has 2 aromatic rings. The Morgan fingerprint density at radius 3 is 2.43 bits per heavy atom. The molecule has 2 rings (SSSR count). The van der Waals surface area contributed by atoms with E-state index in [0.717, 1.165) is 30.5 Å². The van der Waals surface area contributed by atoms with Gasteiger partial charge in [-0.1, -0.05) is 13.8 Å². The standard InChI is InChI=1S/C18H24FNS/c1-5-8-20-17(18-14(6-2)7-9-21-18)16-12(3)10-15(19)11-13(16)4/h7,9-11,17,20H,5-6,8H2,1-4H3. The van der Waals surface area contributed by atoms with Gasteiger partial charge in [-0.05, 0) is 79.1 Å². The molecule has 1 N–H and O–H groups in total. The topological polar surface area (TPSA) is 12.0 Å². The fraction of sp³-hybridized carbons (Fsp3) is 0.444. The first-order valence-corrected chi connectivity index (χ1v) is 8.52. The second kappa shape index (κ2) is 7.19. The van der Waals surface area contributed by atoms with Crippen LogP contribution in [-0.4, -0.2) is 6.54 Å². The number of halogens is 1. The summed E-state index contributed by atoms with van der Waals surface area (Å²) in [7, 11) is 0. The molecule has 0 amide bonds. The molecule has 1 aromatic carbocycles. The van der Waals surface area contributed by atoms with Gasteiger partial charge in [-0.3, -0.25) is 0 Å². The van der Waals surface area contributed by atoms with E-state index in [1.54, 1.807) is 23.5 Å². The van der Waals surface area contributed by atoms with Gasteiger partial charge in [-0.25, -0.2) is 4.39 Å². The second-order valence-corrected chi connectivity index (χ2v) is 6.45. The minimum absolute atomic E-state index is 0.148. The van der Waals surface area contributed by atoms with Crippen LogP contribution in [0.3, 0.4) is 0 Å². The first-order valence-electron chi connectivity index (χ1n) is 7.64. The Kier molecular flexibility index (Phi) is 5.54. The number of rotatable bonds is 6. The molecular weight excluding hydrogens is 281 g/mol. The average Bonchev–Trinajstić information content (AvgIpc) is 2.89. The largest absolute Gasteiger partial charge is 0.306 e. The van der Waals surface area contributed by atoms with Crippen molar-refractivity contribution in [3.63, 3.8) is 0 Å². The number of thiophene rings is 1. The summed E-state index contributed by atoms with van der Waals surface area (Å²) >= 11 is 1.79. The van der Waals surface area contributed by atoms with Crippen LogP contribution in [0.15, 0.2) is 23.6 Å². The minimum Gasteiger partial charge on any atom is -0.306 e. The molecule has 0 saturated carbocycles. The van der Waals surface area contributed by atoms with Gasteiger partial charge in [0.25, 0.3) is 0 Å². The third-order valence-corrected chi connectivity index (χ3v) is 4.89. The van der Waals surface area contributed by atoms with Gasteiger partial charge in [0, 0.05) is 4.88 Å². The summed E-state index contributed by atoms with van der Waals surface area (Å²) in [6.07, 6.45) is 2.12. The van der Waals surface area contributed by atoms with E-state index in [2.05, 4.69) is 30.6 Å². The average molecular weight is 305 g/mol. The van der Waals surface area contributed by atoms with Crippen LogP contribution in [0.1, 0.15) is 53.4 Å².